The maximum atomic E-state index is 13.0. The molecule has 194 valence electrons. The van der Waals surface area contributed by atoms with E-state index in [1.54, 1.807) is 28.4 Å². The van der Waals surface area contributed by atoms with Gasteiger partial charge in [0.15, 0.2) is 11.4 Å². The summed E-state index contributed by atoms with van der Waals surface area (Å²) in [6.45, 7) is 5.76. The third-order valence-corrected chi connectivity index (χ3v) is 7.76. The molecule has 5 rings (SSSR count). The van der Waals surface area contributed by atoms with Crippen LogP contribution in [0.3, 0.4) is 0 Å². The minimum atomic E-state index is -4.44. The van der Waals surface area contributed by atoms with Crippen molar-refractivity contribution in [1.29, 1.82) is 0 Å². The Kier molecular flexibility index (Phi) is 6.96. The van der Waals surface area contributed by atoms with E-state index in [-0.39, 0.29) is 5.91 Å². The molecule has 0 saturated carbocycles. The summed E-state index contributed by atoms with van der Waals surface area (Å²) < 4.78 is 38.3. The van der Waals surface area contributed by atoms with Crippen LogP contribution in [0.15, 0.2) is 40.5 Å². The molecule has 9 nitrogen and oxygen atoms in total. The molecule has 0 spiro atoms. The Morgan fingerprint density at radius 3 is 2.54 bits per heavy atom. The number of allylic oxidation sites excluding steroid dienone is 1. The minimum absolute atomic E-state index is 0.148. The van der Waals surface area contributed by atoms with E-state index in [2.05, 4.69) is 30.6 Å². The Morgan fingerprint density at radius 2 is 1.95 bits per heavy atom. The van der Waals surface area contributed by atoms with Crippen molar-refractivity contribution in [1.82, 2.24) is 30.1 Å². The van der Waals surface area contributed by atoms with Crippen molar-refractivity contribution in [2.24, 2.45) is 4.99 Å². The number of thiazole rings is 2. The van der Waals surface area contributed by atoms with E-state index in [0.717, 1.165) is 33.7 Å². The highest BCUT2D eigenvalue weighted by molar-refractivity contribution is 7.16. The summed E-state index contributed by atoms with van der Waals surface area (Å²) in [5, 5.41) is 9.51. The second-order valence-corrected chi connectivity index (χ2v) is 10.5. The molecular formula is C23H23F3N8OS2. The first-order chi connectivity index (χ1) is 17.7. The van der Waals surface area contributed by atoms with Crippen LogP contribution < -0.4 is 10.6 Å². The van der Waals surface area contributed by atoms with Crippen LogP contribution in [-0.4, -0.2) is 75.5 Å². The number of hydrogen-bond donors (Lipinski definition) is 2. The molecule has 0 aliphatic carbocycles. The van der Waals surface area contributed by atoms with Gasteiger partial charge in [0.2, 0.25) is 0 Å². The SMILES string of the molecule is Cc1nc(C)c(-c2csc(Nc3ccc(C(=O)N4CCN(C5N=CC(C(F)(F)F)=CN5)CC4)cn3)n2)s1. The smallest absolute Gasteiger partial charge is 0.357 e. The van der Waals surface area contributed by atoms with Crippen molar-refractivity contribution in [2.75, 3.05) is 31.5 Å². The van der Waals surface area contributed by atoms with Gasteiger partial charge in [-0.25, -0.2) is 15.0 Å². The number of alkyl halides is 3. The van der Waals surface area contributed by atoms with Crippen LogP contribution in [0.1, 0.15) is 21.1 Å². The minimum Gasteiger partial charge on any atom is -0.357 e. The zero-order chi connectivity index (χ0) is 26.2. The lowest BCUT2D eigenvalue weighted by molar-refractivity contribution is -0.0865. The van der Waals surface area contributed by atoms with E-state index >= 15 is 0 Å². The maximum Gasteiger partial charge on any atom is 0.419 e. The highest BCUT2D eigenvalue weighted by Crippen LogP contribution is 2.33. The monoisotopic (exact) mass is 548 g/mol. The molecule has 37 heavy (non-hydrogen) atoms. The highest BCUT2D eigenvalue weighted by atomic mass is 32.1. The molecule has 14 heteroatoms. The zero-order valence-corrected chi connectivity index (χ0v) is 21.5. The van der Waals surface area contributed by atoms with Crippen LogP contribution in [0.25, 0.3) is 10.6 Å². The van der Waals surface area contributed by atoms with Crippen LogP contribution in [0, 0.1) is 13.8 Å². The summed E-state index contributed by atoms with van der Waals surface area (Å²) in [7, 11) is 0. The van der Waals surface area contributed by atoms with E-state index < -0.39 is 18.0 Å². The van der Waals surface area contributed by atoms with Gasteiger partial charge in [-0.3, -0.25) is 14.7 Å². The largest absolute Gasteiger partial charge is 0.419 e. The van der Waals surface area contributed by atoms with Crippen molar-refractivity contribution in [3.05, 3.63) is 51.7 Å². The van der Waals surface area contributed by atoms with Gasteiger partial charge in [0.25, 0.3) is 5.91 Å². The maximum absolute atomic E-state index is 13.0. The van der Waals surface area contributed by atoms with E-state index in [4.69, 9.17) is 0 Å². The number of halogens is 3. The number of anilines is 2. The fourth-order valence-electron chi connectivity index (χ4n) is 4.01. The van der Waals surface area contributed by atoms with Crippen molar-refractivity contribution in [2.45, 2.75) is 26.3 Å². The topological polar surface area (TPSA) is 98.6 Å². The van der Waals surface area contributed by atoms with Gasteiger partial charge in [-0.2, -0.15) is 13.2 Å². The molecule has 1 fully saturated rings. The number of aliphatic imine (C=N–C) groups is 1. The summed E-state index contributed by atoms with van der Waals surface area (Å²) in [6, 6.07) is 3.45. The lowest BCUT2D eigenvalue weighted by atomic mass is 10.2. The number of piperazine rings is 1. The van der Waals surface area contributed by atoms with Crippen molar-refractivity contribution < 1.29 is 18.0 Å². The van der Waals surface area contributed by atoms with Gasteiger partial charge < -0.3 is 15.5 Å². The number of carbonyl (C=O) groups is 1. The molecule has 1 amide bonds. The van der Waals surface area contributed by atoms with Gasteiger partial charge in [0.1, 0.15) is 5.82 Å². The van der Waals surface area contributed by atoms with Crippen molar-refractivity contribution in [3.63, 3.8) is 0 Å². The summed E-state index contributed by atoms with van der Waals surface area (Å²) in [5.41, 5.74) is 1.47. The van der Waals surface area contributed by atoms with Crippen molar-refractivity contribution >= 4 is 45.7 Å². The van der Waals surface area contributed by atoms with Gasteiger partial charge in [-0.1, -0.05) is 0 Å². The summed E-state index contributed by atoms with van der Waals surface area (Å²) in [6.07, 6.45) is -1.71. The number of rotatable bonds is 5. The fourth-order valence-corrected chi connectivity index (χ4v) is 5.67. The molecule has 3 aromatic heterocycles. The molecule has 1 saturated heterocycles. The second kappa shape index (κ2) is 10.2. The fraction of sp³-hybridized carbons (Fsp3) is 0.348. The van der Waals surface area contributed by atoms with Crippen LogP contribution in [0.2, 0.25) is 0 Å². The molecule has 2 N–H and O–H groups in total. The molecular weight excluding hydrogens is 525 g/mol. The highest BCUT2D eigenvalue weighted by Gasteiger charge is 2.35. The molecule has 2 aliphatic heterocycles. The lowest BCUT2D eigenvalue weighted by Crippen LogP contribution is -2.55. The molecule has 0 bridgehead atoms. The first kappa shape index (κ1) is 25.3. The summed E-state index contributed by atoms with van der Waals surface area (Å²) in [5.74, 6) is 0.428. The number of aromatic nitrogens is 3. The molecule has 5 heterocycles. The zero-order valence-electron chi connectivity index (χ0n) is 19.9. The number of nitrogens with one attached hydrogen (secondary N) is 2. The summed E-state index contributed by atoms with van der Waals surface area (Å²) >= 11 is 3.07. The predicted molar refractivity (Wildman–Crippen MR) is 137 cm³/mol. The van der Waals surface area contributed by atoms with E-state index in [1.807, 2.05) is 24.1 Å². The summed E-state index contributed by atoms with van der Waals surface area (Å²) in [4.78, 5) is 35.0. The van der Waals surface area contributed by atoms with Gasteiger partial charge >= 0.3 is 6.18 Å². The molecule has 1 atom stereocenters. The molecule has 1 unspecified atom stereocenters. The predicted octanol–water partition coefficient (Wildman–Crippen LogP) is 4.18. The normalized spacial score (nSPS) is 18.5. The standard InChI is InChI=1S/C23H23F3N8OS2/c1-13-19(37-14(2)30-13)17-12-36-22(31-17)32-18-4-3-15(9-27-18)20(35)33-5-7-34(8-6-33)21-28-10-16(11-29-21)23(24,25)26/h3-4,9-12,21,28H,5-8H2,1-2H3,(H,27,31,32). The first-order valence-corrected chi connectivity index (χ1v) is 13.1. The number of nitrogens with zero attached hydrogens (tertiary/aromatic N) is 6. The van der Waals surface area contributed by atoms with Gasteiger partial charge in [0, 0.05) is 50.2 Å². The van der Waals surface area contributed by atoms with Gasteiger partial charge in [-0.15, -0.1) is 22.7 Å². The molecule has 2 aliphatic rings. The number of amides is 1. The Bertz CT molecular complexity index is 1340. The van der Waals surface area contributed by atoms with Gasteiger partial charge in [-0.05, 0) is 26.0 Å². The molecule has 0 radical (unpaired) electrons. The van der Waals surface area contributed by atoms with E-state index in [9.17, 15) is 18.0 Å². The third-order valence-electron chi connectivity index (χ3n) is 5.90. The van der Waals surface area contributed by atoms with Crippen LogP contribution in [0.5, 0.6) is 0 Å². The van der Waals surface area contributed by atoms with Crippen LogP contribution in [0.4, 0.5) is 24.1 Å². The van der Waals surface area contributed by atoms with Crippen LogP contribution >= 0.6 is 22.7 Å². The van der Waals surface area contributed by atoms with Gasteiger partial charge in [0.05, 0.1) is 32.4 Å². The molecule has 0 aromatic carbocycles. The molecule has 3 aromatic rings. The van der Waals surface area contributed by atoms with Crippen molar-refractivity contribution in [3.8, 4) is 10.6 Å². The van der Waals surface area contributed by atoms with E-state index in [1.165, 1.54) is 17.5 Å². The first-order valence-electron chi connectivity index (χ1n) is 11.4. The van der Waals surface area contributed by atoms with Crippen LogP contribution in [-0.2, 0) is 0 Å². The third kappa shape index (κ3) is 5.65. The Hall–Kier alpha value is -3.36. The second-order valence-electron chi connectivity index (χ2n) is 8.49. The number of aryl methyl sites for hydroxylation is 2. The Balaban J connectivity index is 1.14. The average Bonchev–Trinajstić information content (AvgIpc) is 3.48. The van der Waals surface area contributed by atoms with E-state index in [0.29, 0.717) is 42.7 Å². The lowest BCUT2D eigenvalue weighted by Gasteiger charge is -2.38. The Labute approximate surface area is 218 Å². The Morgan fingerprint density at radius 1 is 1.16 bits per heavy atom. The quantitative estimate of drug-likeness (QED) is 0.494. The number of pyridine rings is 1. The number of carbonyl (C=O) groups excluding carboxylic acids is 1. The number of hydrogen-bond acceptors (Lipinski definition) is 10. The average molecular weight is 549 g/mol.